The predicted molar refractivity (Wildman–Crippen MR) is 158 cm³/mol. The molecule has 1 aliphatic carbocycles. The van der Waals surface area contributed by atoms with Crippen LogP contribution in [0.4, 0.5) is 0 Å². The summed E-state index contributed by atoms with van der Waals surface area (Å²) in [7, 11) is 1.66. The van der Waals surface area contributed by atoms with E-state index in [0.717, 1.165) is 64.6 Å². The average Bonchev–Trinajstić information content (AvgIpc) is 3.68. The topological polar surface area (TPSA) is 102 Å². The van der Waals surface area contributed by atoms with Crippen molar-refractivity contribution in [2.45, 2.75) is 64.7 Å². The number of aromatic nitrogens is 6. The molecule has 1 saturated carbocycles. The molecule has 0 spiro atoms. The summed E-state index contributed by atoms with van der Waals surface area (Å²) in [5.74, 6) is 1.48. The van der Waals surface area contributed by atoms with Crippen LogP contribution in [0.5, 0.6) is 5.75 Å². The molecule has 0 amide bonds. The van der Waals surface area contributed by atoms with Crippen LogP contribution < -0.4 is 10.3 Å². The van der Waals surface area contributed by atoms with Gasteiger partial charge in [0.25, 0.3) is 5.56 Å². The minimum absolute atomic E-state index is 0.138. The van der Waals surface area contributed by atoms with Gasteiger partial charge in [-0.3, -0.25) is 14.7 Å². The Balaban J connectivity index is 1.54. The number of benzene rings is 2. The zero-order valence-electron chi connectivity index (χ0n) is 23.7. The standard InChI is InChI=1S/C32H35N7O2/c1-21-15-22(2)29-25(16-21)17-28(32(40)34-29)30(31-35-36-37-39(31)26-8-4-5-9-26)38(20-24-7-6-14-33-18-24)19-23-10-12-27(41-3)13-11-23/h6-7,10-18,26,30H,4-5,8-9,19-20H2,1-3H3,(H,34,40)/t30-/m0/s1. The molecule has 3 aromatic heterocycles. The number of H-pyrrole nitrogens is 1. The lowest BCUT2D eigenvalue weighted by molar-refractivity contribution is 0.190. The van der Waals surface area contributed by atoms with E-state index in [-0.39, 0.29) is 11.6 Å². The van der Waals surface area contributed by atoms with Gasteiger partial charge in [0.1, 0.15) is 11.8 Å². The van der Waals surface area contributed by atoms with E-state index in [1.54, 1.807) is 13.3 Å². The molecule has 6 rings (SSSR count). The van der Waals surface area contributed by atoms with Crippen molar-refractivity contribution in [3.05, 3.63) is 111 Å². The highest BCUT2D eigenvalue weighted by Gasteiger charge is 2.33. The van der Waals surface area contributed by atoms with Gasteiger partial charge in [-0.25, -0.2) is 4.68 Å². The quantitative estimate of drug-likeness (QED) is 0.261. The first-order chi connectivity index (χ1) is 20.0. The molecule has 3 heterocycles. The molecule has 1 N–H and O–H groups in total. The Bertz CT molecular complexity index is 1690. The molecule has 0 saturated heterocycles. The zero-order valence-corrected chi connectivity index (χ0v) is 23.7. The third-order valence-electron chi connectivity index (χ3n) is 8.07. The van der Waals surface area contributed by atoms with Crippen molar-refractivity contribution in [2.24, 2.45) is 0 Å². The fraction of sp³-hybridized carbons (Fsp3) is 0.344. The van der Waals surface area contributed by atoms with Gasteiger partial charge in [-0.1, -0.05) is 42.7 Å². The molecule has 9 heteroatoms. The van der Waals surface area contributed by atoms with E-state index in [0.29, 0.717) is 24.5 Å². The van der Waals surface area contributed by atoms with Crippen molar-refractivity contribution in [3.8, 4) is 5.75 Å². The van der Waals surface area contributed by atoms with Crippen LogP contribution in [0.15, 0.2) is 71.8 Å². The summed E-state index contributed by atoms with van der Waals surface area (Å²) in [6.45, 7) is 5.22. The molecule has 0 unspecified atom stereocenters. The Hall–Kier alpha value is -4.37. The molecule has 1 fully saturated rings. The van der Waals surface area contributed by atoms with Crippen LogP contribution in [-0.2, 0) is 13.1 Å². The number of pyridine rings is 2. The number of fused-ring (bicyclic) bond motifs is 1. The highest BCUT2D eigenvalue weighted by atomic mass is 16.5. The molecule has 1 aliphatic rings. The van der Waals surface area contributed by atoms with Gasteiger partial charge in [0.05, 0.1) is 18.7 Å². The Kier molecular flexibility index (Phi) is 7.61. The van der Waals surface area contributed by atoms with E-state index in [4.69, 9.17) is 4.74 Å². The molecular weight excluding hydrogens is 514 g/mol. The number of tetrazole rings is 1. The summed E-state index contributed by atoms with van der Waals surface area (Å²) in [5, 5.41) is 14.2. The molecule has 210 valence electrons. The van der Waals surface area contributed by atoms with Crippen molar-refractivity contribution in [1.82, 2.24) is 35.1 Å². The fourth-order valence-corrected chi connectivity index (χ4v) is 6.13. The highest BCUT2D eigenvalue weighted by molar-refractivity contribution is 5.83. The summed E-state index contributed by atoms with van der Waals surface area (Å²) in [6.07, 6.45) is 7.99. The largest absolute Gasteiger partial charge is 0.497 e. The lowest BCUT2D eigenvalue weighted by Crippen LogP contribution is -2.35. The number of nitrogens with zero attached hydrogens (tertiary/aromatic N) is 6. The lowest BCUT2D eigenvalue weighted by Gasteiger charge is -2.32. The number of aromatic amines is 1. The van der Waals surface area contributed by atoms with E-state index in [9.17, 15) is 4.79 Å². The number of ether oxygens (including phenoxy) is 1. The smallest absolute Gasteiger partial charge is 0.253 e. The fourth-order valence-electron chi connectivity index (χ4n) is 6.13. The number of aryl methyl sites for hydroxylation is 2. The molecule has 0 bridgehead atoms. The van der Waals surface area contributed by atoms with E-state index >= 15 is 0 Å². The first-order valence-corrected chi connectivity index (χ1v) is 14.2. The van der Waals surface area contributed by atoms with Crippen molar-refractivity contribution in [2.75, 3.05) is 7.11 Å². The van der Waals surface area contributed by atoms with Crippen LogP contribution >= 0.6 is 0 Å². The number of rotatable bonds is 9. The Morgan fingerprint density at radius 3 is 2.56 bits per heavy atom. The molecule has 2 aromatic carbocycles. The summed E-state index contributed by atoms with van der Waals surface area (Å²) in [4.78, 5) is 23.8. The molecule has 1 atom stereocenters. The Morgan fingerprint density at radius 2 is 1.83 bits per heavy atom. The third-order valence-corrected chi connectivity index (χ3v) is 8.07. The number of hydrogen-bond donors (Lipinski definition) is 1. The van der Waals surface area contributed by atoms with Gasteiger partial charge in [0.2, 0.25) is 0 Å². The normalized spacial score (nSPS) is 14.6. The number of hydrogen-bond acceptors (Lipinski definition) is 7. The number of methoxy groups -OCH3 is 1. The van der Waals surface area contributed by atoms with Crippen LogP contribution in [0.3, 0.4) is 0 Å². The Morgan fingerprint density at radius 1 is 1.05 bits per heavy atom. The van der Waals surface area contributed by atoms with E-state index in [2.05, 4.69) is 67.6 Å². The summed E-state index contributed by atoms with van der Waals surface area (Å²) < 4.78 is 7.36. The van der Waals surface area contributed by atoms with Crippen LogP contribution in [-0.4, -0.2) is 42.2 Å². The molecule has 5 aromatic rings. The maximum atomic E-state index is 13.9. The van der Waals surface area contributed by atoms with Crippen molar-refractivity contribution in [3.63, 3.8) is 0 Å². The van der Waals surface area contributed by atoms with Gasteiger partial charge < -0.3 is 9.72 Å². The van der Waals surface area contributed by atoms with Crippen LogP contribution in [0.25, 0.3) is 10.9 Å². The summed E-state index contributed by atoms with van der Waals surface area (Å²) in [5.41, 5.74) is 5.65. The SMILES string of the molecule is COc1ccc(CN(Cc2cccnc2)[C@@H](c2cc3cc(C)cc(C)c3[nH]c2=O)c2nnnn2C2CCCC2)cc1. The second-order valence-electron chi connectivity index (χ2n) is 11.0. The van der Waals surface area contributed by atoms with Gasteiger partial charge in [0.15, 0.2) is 5.82 Å². The third kappa shape index (κ3) is 5.63. The molecular formula is C32H35N7O2. The zero-order chi connectivity index (χ0) is 28.3. The van der Waals surface area contributed by atoms with Crippen LogP contribution in [0, 0.1) is 13.8 Å². The number of nitrogens with one attached hydrogen (secondary N) is 1. The van der Waals surface area contributed by atoms with Crippen molar-refractivity contribution < 1.29 is 4.74 Å². The van der Waals surface area contributed by atoms with E-state index < -0.39 is 6.04 Å². The van der Waals surface area contributed by atoms with Gasteiger partial charge >= 0.3 is 0 Å². The van der Waals surface area contributed by atoms with E-state index in [1.807, 2.05) is 42.1 Å². The summed E-state index contributed by atoms with van der Waals surface area (Å²) >= 11 is 0. The second-order valence-corrected chi connectivity index (χ2v) is 11.0. The van der Waals surface area contributed by atoms with Crippen molar-refractivity contribution >= 4 is 10.9 Å². The van der Waals surface area contributed by atoms with Gasteiger partial charge in [-0.2, -0.15) is 0 Å². The molecule has 0 radical (unpaired) electrons. The van der Waals surface area contributed by atoms with E-state index in [1.165, 1.54) is 0 Å². The van der Waals surface area contributed by atoms with Gasteiger partial charge in [-0.15, -0.1) is 5.10 Å². The first kappa shape index (κ1) is 26.8. The Labute approximate surface area is 239 Å². The monoisotopic (exact) mass is 549 g/mol. The lowest BCUT2D eigenvalue weighted by atomic mass is 9.99. The predicted octanol–water partition coefficient (Wildman–Crippen LogP) is 5.44. The molecule has 41 heavy (non-hydrogen) atoms. The second kappa shape index (κ2) is 11.6. The van der Waals surface area contributed by atoms with Gasteiger partial charge in [-0.05, 0) is 89.5 Å². The van der Waals surface area contributed by atoms with Crippen molar-refractivity contribution in [1.29, 1.82) is 0 Å². The first-order valence-electron chi connectivity index (χ1n) is 14.2. The highest BCUT2D eigenvalue weighted by Crippen LogP contribution is 2.35. The summed E-state index contributed by atoms with van der Waals surface area (Å²) in [6, 6.07) is 18.0. The van der Waals surface area contributed by atoms with Crippen LogP contribution in [0.1, 0.15) is 71.4 Å². The minimum Gasteiger partial charge on any atom is -0.497 e. The minimum atomic E-state index is -0.498. The average molecular weight is 550 g/mol. The van der Waals surface area contributed by atoms with Crippen LogP contribution in [0.2, 0.25) is 0 Å². The maximum absolute atomic E-state index is 13.9. The molecule has 0 aliphatic heterocycles. The maximum Gasteiger partial charge on any atom is 0.253 e. The molecule has 9 nitrogen and oxygen atoms in total. The van der Waals surface area contributed by atoms with Gasteiger partial charge in [0, 0.05) is 31.0 Å².